The average Bonchev–Trinajstić information content (AvgIpc) is 2.65. The third kappa shape index (κ3) is 4.73. The Morgan fingerprint density at radius 1 is 0.846 bits per heavy atom. The molecule has 2 unspecified atom stereocenters. The van der Waals surface area contributed by atoms with Crippen molar-refractivity contribution in [2.75, 3.05) is 5.75 Å². The minimum atomic E-state index is -3.35. The van der Waals surface area contributed by atoms with Gasteiger partial charge >= 0.3 is 5.97 Å². The van der Waals surface area contributed by atoms with Gasteiger partial charge in [0.2, 0.25) is 0 Å². The van der Waals surface area contributed by atoms with E-state index in [0.29, 0.717) is 11.3 Å². The number of benzene rings is 2. The topological polar surface area (TPSA) is 60.4 Å². The molecule has 0 saturated carbocycles. The summed E-state index contributed by atoms with van der Waals surface area (Å²) in [6, 6.07) is 18.7. The third-order valence-electron chi connectivity index (χ3n) is 4.87. The molecule has 5 heteroatoms. The normalized spacial score (nSPS) is 19.6. The Balaban J connectivity index is 1.44. The molecule has 2 atom stereocenters. The van der Waals surface area contributed by atoms with Gasteiger partial charge < -0.3 is 4.74 Å². The second kappa shape index (κ2) is 8.49. The summed E-state index contributed by atoms with van der Waals surface area (Å²) in [6.07, 6.45) is 4.01. The molecule has 1 fully saturated rings. The number of hydrogen-bond acceptors (Lipinski definition) is 4. The second-order valence-electron chi connectivity index (χ2n) is 6.73. The minimum Gasteiger partial charge on any atom is -0.461 e. The number of rotatable bonds is 9. The predicted octanol–water partition coefficient (Wildman–Crippen LogP) is 3.81. The van der Waals surface area contributed by atoms with Crippen molar-refractivity contribution in [3.8, 4) is 0 Å². The Morgan fingerprint density at radius 3 is 2.15 bits per heavy atom. The van der Waals surface area contributed by atoms with Gasteiger partial charge in [0, 0.05) is 0 Å². The molecule has 0 amide bonds. The van der Waals surface area contributed by atoms with Gasteiger partial charge in [-0.15, -0.1) is 0 Å². The van der Waals surface area contributed by atoms with Gasteiger partial charge in [0.1, 0.15) is 6.10 Å². The summed E-state index contributed by atoms with van der Waals surface area (Å²) in [6.45, 7) is 0. The SMILES string of the molecule is O=C1OC(CCCCc2ccccc2)C1CCS(=O)(=O)c1ccccc1. The van der Waals surface area contributed by atoms with E-state index in [-0.39, 0.29) is 23.7 Å². The van der Waals surface area contributed by atoms with E-state index in [1.165, 1.54) is 5.56 Å². The molecular weight excluding hydrogens is 348 g/mol. The van der Waals surface area contributed by atoms with Crippen molar-refractivity contribution in [2.24, 2.45) is 5.92 Å². The van der Waals surface area contributed by atoms with Crippen LogP contribution in [0.4, 0.5) is 0 Å². The van der Waals surface area contributed by atoms with Crippen molar-refractivity contribution >= 4 is 15.8 Å². The van der Waals surface area contributed by atoms with Gasteiger partial charge in [-0.3, -0.25) is 4.79 Å². The van der Waals surface area contributed by atoms with Crippen LogP contribution < -0.4 is 0 Å². The van der Waals surface area contributed by atoms with E-state index in [1.54, 1.807) is 30.3 Å². The van der Waals surface area contributed by atoms with Crippen LogP contribution in [0.15, 0.2) is 65.6 Å². The van der Waals surface area contributed by atoms with Crippen molar-refractivity contribution in [3.63, 3.8) is 0 Å². The van der Waals surface area contributed by atoms with Crippen molar-refractivity contribution in [2.45, 2.75) is 43.1 Å². The maximum atomic E-state index is 12.4. The standard InChI is InChI=1S/C21H24O4S/c22-21-19(15-16-26(23,24)18-12-5-2-6-13-18)20(25-21)14-8-7-11-17-9-3-1-4-10-17/h1-6,9-10,12-13,19-20H,7-8,11,14-16H2. The maximum absolute atomic E-state index is 12.4. The van der Waals surface area contributed by atoms with Crippen molar-refractivity contribution in [3.05, 3.63) is 66.2 Å². The molecule has 1 heterocycles. The summed E-state index contributed by atoms with van der Waals surface area (Å²) in [5, 5.41) is 0. The Morgan fingerprint density at radius 2 is 1.50 bits per heavy atom. The first-order valence-electron chi connectivity index (χ1n) is 9.08. The van der Waals surface area contributed by atoms with E-state index in [1.807, 2.05) is 18.2 Å². The highest BCUT2D eigenvalue weighted by Gasteiger charge is 2.42. The van der Waals surface area contributed by atoms with Crippen LogP contribution in [0, 0.1) is 5.92 Å². The fourth-order valence-corrected chi connectivity index (χ4v) is 4.68. The largest absolute Gasteiger partial charge is 0.461 e. The summed E-state index contributed by atoms with van der Waals surface area (Å²) in [4.78, 5) is 12.0. The quantitative estimate of drug-likeness (QED) is 0.496. The van der Waals surface area contributed by atoms with E-state index in [2.05, 4.69) is 12.1 Å². The highest BCUT2D eigenvalue weighted by molar-refractivity contribution is 7.91. The second-order valence-corrected chi connectivity index (χ2v) is 8.84. The number of sulfone groups is 1. The number of hydrogen-bond donors (Lipinski definition) is 0. The fraction of sp³-hybridized carbons (Fsp3) is 0.381. The van der Waals surface area contributed by atoms with E-state index in [4.69, 9.17) is 4.74 Å². The lowest BCUT2D eigenvalue weighted by Crippen LogP contribution is -2.45. The third-order valence-corrected chi connectivity index (χ3v) is 6.63. The number of unbranched alkanes of at least 4 members (excludes halogenated alkanes) is 1. The van der Waals surface area contributed by atoms with E-state index >= 15 is 0 Å². The molecule has 26 heavy (non-hydrogen) atoms. The van der Waals surface area contributed by atoms with Crippen LogP contribution in [-0.2, 0) is 25.8 Å². The van der Waals surface area contributed by atoms with Gasteiger partial charge in [0.25, 0.3) is 0 Å². The molecule has 0 aromatic heterocycles. The fourth-order valence-electron chi connectivity index (χ4n) is 3.31. The van der Waals surface area contributed by atoms with Crippen LogP contribution in [0.1, 0.15) is 31.2 Å². The maximum Gasteiger partial charge on any atom is 0.313 e. The molecular formula is C21H24O4S. The van der Waals surface area contributed by atoms with Crippen LogP contribution >= 0.6 is 0 Å². The molecule has 1 aliphatic rings. The first-order valence-corrected chi connectivity index (χ1v) is 10.7. The van der Waals surface area contributed by atoms with Crippen molar-refractivity contribution < 1.29 is 17.9 Å². The van der Waals surface area contributed by atoms with Crippen LogP contribution in [0.2, 0.25) is 0 Å². The molecule has 0 bridgehead atoms. The van der Waals surface area contributed by atoms with Crippen LogP contribution in [0.25, 0.3) is 0 Å². The lowest BCUT2D eigenvalue weighted by molar-refractivity contribution is -0.185. The zero-order valence-electron chi connectivity index (χ0n) is 14.7. The van der Waals surface area contributed by atoms with Crippen LogP contribution in [-0.4, -0.2) is 26.2 Å². The van der Waals surface area contributed by atoms with Gasteiger partial charge in [-0.1, -0.05) is 48.5 Å². The summed E-state index contributed by atoms with van der Waals surface area (Å²) in [5.41, 5.74) is 1.31. The summed E-state index contributed by atoms with van der Waals surface area (Å²) in [7, 11) is -3.35. The minimum absolute atomic E-state index is 0.0166. The van der Waals surface area contributed by atoms with Crippen molar-refractivity contribution in [1.82, 2.24) is 0 Å². The molecule has 1 aliphatic heterocycles. The Bertz CT molecular complexity index is 816. The highest BCUT2D eigenvalue weighted by Crippen LogP contribution is 2.31. The lowest BCUT2D eigenvalue weighted by atomic mass is 9.90. The summed E-state index contributed by atoms with van der Waals surface area (Å²) >= 11 is 0. The van der Waals surface area contributed by atoms with Crippen molar-refractivity contribution in [1.29, 1.82) is 0 Å². The molecule has 2 aromatic carbocycles. The molecule has 4 nitrogen and oxygen atoms in total. The number of aryl methyl sites for hydroxylation is 1. The molecule has 0 spiro atoms. The highest BCUT2D eigenvalue weighted by atomic mass is 32.2. The van der Waals surface area contributed by atoms with E-state index < -0.39 is 9.84 Å². The van der Waals surface area contributed by atoms with E-state index in [9.17, 15) is 13.2 Å². The summed E-state index contributed by atoms with van der Waals surface area (Å²) < 4.78 is 30.0. The number of esters is 1. The molecule has 0 radical (unpaired) electrons. The van der Waals surface area contributed by atoms with Crippen LogP contribution in [0.3, 0.4) is 0 Å². The predicted molar refractivity (Wildman–Crippen MR) is 100 cm³/mol. The van der Waals surface area contributed by atoms with Gasteiger partial charge in [0.05, 0.1) is 16.6 Å². The summed E-state index contributed by atoms with van der Waals surface area (Å²) in [5.74, 6) is -0.566. The zero-order valence-corrected chi connectivity index (χ0v) is 15.5. The Labute approximate surface area is 155 Å². The number of ether oxygens (including phenoxy) is 1. The lowest BCUT2D eigenvalue weighted by Gasteiger charge is -2.35. The Hall–Kier alpha value is -2.14. The first kappa shape index (κ1) is 18.6. The van der Waals surface area contributed by atoms with Gasteiger partial charge in [-0.25, -0.2) is 8.42 Å². The molecule has 0 aliphatic carbocycles. The average molecular weight is 372 g/mol. The van der Waals surface area contributed by atoms with Crippen LogP contribution in [0.5, 0.6) is 0 Å². The zero-order chi connectivity index (χ0) is 18.4. The van der Waals surface area contributed by atoms with Gasteiger partial charge in [-0.05, 0) is 49.8 Å². The molecule has 2 aromatic rings. The molecule has 138 valence electrons. The smallest absolute Gasteiger partial charge is 0.313 e. The number of carbonyl (C=O) groups is 1. The van der Waals surface area contributed by atoms with Gasteiger partial charge in [0.15, 0.2) is 9.84 Å². The molecule has 3 rings (SSSR count). The first-order chi connectivity index (χ1) is 12.6. The molecule has 1 saturated heterocycles. The van der Waals surface area contributed by atoms with Gasteiger partial charge in [-0.2, -0.15) is 0 Å². The molecule has 0 N–H and O–H groups in total. The number of carbonyl (C=O) groups excluding carboxylic acids is 1. The number of cyclic esters (lactones) is 1. The monoisotopic (exact) mass is 372 g/mol. The Kier molecular flexibility index (Phi) is 6.09. The van der Waals surface area contributed by atoms with E-state index in [0.717, 1.165) is 25.7 Å².